The zero-order valence-corrected chi connectivity index (χ0v) is 10.6. The Balaban J connectivity index is 2.12. The number of hydrogen-bond donors (Lipinski definition) is 1. The van der Waals surface area contributed by atoms with E-state index in [1.807, 2.05) is 0 Å². The van der Waals surface area contributed by atoms with Crippen molar-refractivity contribution in [2.45, 2.75) is 13.0 Å². The third-order valence-corrected chi connectivity index (χ3v) is 3.78. The van der Waals surface area contributed by atoms with Gasteiger partial charge in [0.05, 0.1) is 0 Å². The van der Waals surface area contributed by atoms with Gasteiger partial charge in [-0.05, 0) is 18.6 Å². The van der Waals surface area contributed by atoms with Gasteiger partial charge in [-0.25, -0.2) is 0 Å². The first-order chi connectivity index (χ1) is 7.29. The Morgan fingerprint density at radius 3 is 2.60 bits per heavy atom. The van der Waals surface area contributed by atoms with Crippen molar-refractivity contribution < 1.29 is 0 Å². The molecule has 0 aromatic heterocycles. The first-order valence-corrected chi connectivity index (χ1v) is 6.27. The van der Waals surface area contributed by atoms with Crippen LogP contribution in [-0.4, -0.2) is 31.1 Å². The maximum Gasteiger partial charge on any atom is 0.0332 e. The van der Waals surface area contributed by atoms with Crippen LogP contribution in [0.1, 0.15) is 18.5 Å². The van der Waals surface area contributed by atoms with E-state index in [9.17, 15) is 0 Å². The summed E-state index contributed by atoms with van der Waals surface area (Å²) in [7, 11) is 0. The van der Waals surface area contributed by atoms with Crippen LogP contribution in [0.25, 0.3) is 0 Å². The van der Waals surface area contributed by atoms with Gasteiger partial charge in [0.2, 0.25) is 0 Å². The Labute approximate surface area is 99.8 Å². The van der Waals surface area contributed by atoms with Gasteiger partial charge in [0.1, 0.15) is 0 Å². The summed E-state index contributed by atoms with van der Waals surface area (Å²) in [5, 5.41) is 3.38. The second-order valence-electron chi connectivity index (χ2n) is 3.98. The number of nitrogens with zero attached hydrogens (tertiary/aromatic N) is 1. The summed E-state index contributed by atoms with van der Waals surface area (Å²) < 4.78 is 1.22. The van der Waals surface area contributed by atoms with Gasteiger partial charge in [-0.2, -0.15) is 0 Å². The lowest BCUT2D eigenvalue weighted by molar-refractivity contribution is 0.185. The quantitative estimate of drug-likeness (QED) is 0.887. The molecule has 15 heavy (non-hydrogen) atoms. The summed E-state index contributed by atoms with van der Waals surface area (Å²) in [6.07, 6.45) is 0. The molecule has 0 spiro atoms. The average Bonchev–Trinajstić information content (AvgIpc) is 2.30. The van der Waals surface area contributed by atoms with Crippen LogP contribution in [0.15, 0.2) is 28.7 Å². The minimum atomic E-state index is 0.502. The highest BCUT2D eigenvalue weighted by Gasteiger charge is 2.18. The molecule has 3 heteroatoms. The molecule has 0 radical (unpaired) electrons. The van der Waals surface area contributed by atoms with E-state index in [0.29, 0.717) is 6.04 Å². The van der Waals surface area contributed by atoms with Crippen LogP contribution in [-0.2, 0) is 0 Å². The van der Waals surface area contributed by atoms with Crippen LogP contribution in [0.3, 0.4) is 0 Å². The molecule has 0 saturated carbocycles. The Morgan fingerprint density at radius 2 is 1.93 bits per heavy atom. The maximum atomic E-state index is 3.62. The van der Waals surface area contributed by atoms with Crippen molar-refractivity contribution in [3.8, 4) is 0 Å². The van der Waals surface area contributed by atoms with E-state index in [1.165, 1.54) is 10.0 Å². The molecule has 2 nitrogen and oxygen atoms in total. The number of piperazine rings is 1. The molecule has 0 amide bonds. The standard InChI is InChI=1S/C12H17BrN2/c1-10(15-8-6-14-7-9-15)11-4-2-3-5-12(11)13/h2-5,10,14H,6-9H2,1H3/t10-/m1/s1. The number of hydrogen-bond acceptors (Lipinski definition) is 2. The van der Waals surface area contributed by atoms with E-state index in [1.54, 1.807) is 0 Å². The highest BCUT2D eigenvalue weighted by Crippen LogP contribution is 2.27. The molecule has 0 aliphatic carbocycles. The van der Waals surface area contributed by atoms with Crippen molar-refractivity contribution in [2.75, 3.05) is 26.2 Å². The SMILES string of the molecule is C[C@H](c1ccccc1Br)N1CCNCC1. The number of halogens is 1. The molecule has 1 aromatic rings. The number of rotatable bonds is 2. The summed E-state index contributed by atoms with van der Waals surface area (Å²) in [5.41, 5.74) is 1.39. The van der Waals surface area contributed by atoms with Gasteiger partial charge >= 0.3 is 0 Å². The molecular formula is C12H17BrN2. The smallest absolute Gasteiger partial charge is 0.0332 e. The van der Waals surface area contributed by atoms with E-state index in [-0.39, 0.29) is 0 Å². The van der Waals surface area contributed by atoms with Gasteiger partial charge in [-0.15, -0.1) is 0 Å². The first kappa shape index (κ1) is 11.1. The van der Waals surface area contributed by atoms with E-state index < -0.39 is 0 Å². The van der Waals surface area contributed by atoms with Crippen LogP contribution in [0.5, 0.6) is 0 Å². The highest BCUT2D eigenvalue weighted by atomic mass is 79.9. The average molecular weight is 269 g/mol. The van der Waals surface area contributed by atoms with Gasteiger partial charge < -0.3 is 5.32 Å². The van der Waals surface area contributed by atoms with Crippen molar-refractivity contribution in [1.29, 1.82) is 0 Å². The fourth-order valence-corrected chi connectivity index (χ4v) is 2.70. The lowest BCUT2D eigenvalue weighted by atomic mass is 10.1. The molecule has 1 aromatic carbocycles. The molecule has 0 bridgehead atoms. The molecule has 1 saturated heterocycles. The third kappa shape index (κ3) is 2.60. The lowest BCUT2D eigenvalue weighted by Gasteiger charge is -2.33. The molecule has 82 valence electrons. The molecular weight excluding hydrogens is 252 g/mol. The summed E-state index contributed by atoms with van der Waals surface area (Å²) in [4.78, 5) is 2.52. The summed E-state index contributed by atoms with van der Waals surface area (Å²) >= 11 is 3.62. The van der Waals surface area contributed by atoms with Crippen molar-refractivity contribution in [2.24, 2.45) is 0 Å². The summed E-state index contributed by atoms with van der Waals surface area (Å²) in [6, 6.07) is 9.00. The maximum absolute atomic E-state index is 3.62. The van der Waals surface area contributed by atoms with Crippen molar-refractivity contribution in [3.63, 3.8) is 0 Å². The van der Waals surface area contributed by atoms with Crippen molar-refractivity contribution in [3.05, 3.63) is 34.3 Å². The zero-order valence-electron chi connectivity index (χ0n) is 9.04. The molecule has 1 heterocycles. The van der Waals surface area contributed by atoms with Gasteiger partial charge in [-0.1, -0.05) is 34.1 Å². The zero-order chi connectivity index (χ0) is 10.7. The van der Waals surface area contributed by atoms with Crippen LogP contribution in [0.4, 0.5) is 0 Å². The minimum Gasteiger partial charge on any atom is -0.314 e. The van der Waals surface area contributed by atoms with Gasteiger partial charge in [0.15, 0.2) is 0 Å². The van der Waals surface area contributed by atoms with Crippen molar-refractivity contribution >= 4 is 15.9 Å². The number of nitrogens with one attached hydrogen (secondary N) is 1. The largest absolute Gasteiger partial charge is 0.314 e. The number of benzene rings is 1. The minimum absolute atomic E-state index is 0.502. The van der Waals surface area contributed by atoms with Crippen LogP contribution in [0, 0.1) is 0 Å². The molecule has 0 unspecified atom stereocenters. The van der Waals surface area contributed by atoms with Crippen LogP contribution >= 0.6 is 15.9 Å². The monoisotopic (exact) mass is 268 g/mol. The normalized spacial score (nSPS) is 20.1. The Kier molecular flexibility index (Phi) is 3.78. The van der Waals surface area contributed by atoms with E-state index >= 15 is 0 Å². The van der Waals surface area contributed by atoms with Gasteiger partial charge in [-0.3, -0.25) is 4.90 Å². The molecule has 1 fully saturated rings. The van der Waals surface area contributed by atoms with Gasteiger partial charge in [0.25, 0.3) is 0 Å². The molecule has 1 aliphatic rings. The van der Waals surface area contributed by atoms with Crippen LogP contribution < -0.4 is 5.32 Å². The second-order valence-corrected chi connectivity index (χ2v) is 4.84. The molecule has 2 rings (SSSR count). The predicted molar refractivity (Wildman–Crippen MR) is 67.0 cm³/mol. The highest BCUT2D eigenvalue weighted by molar-refractivity contribution is 9.10. The summed E-state index contributed by atoms with van der Waals surface area (Å²) in [6.45, 7) is 6.78. The van der Waals surface area contributed by atoms with Crippen LogP contribution in [0.2, 0.25) is 0 Å². The Hall–Kier alpha value is -0.380. The third-order valence-electron chi connectivity index (χ3n) is 3.05. The molecule has 1 atom stereocenters. The topological polar surface area (TPSA) is 15.3 Å². The molecule has 1 aliphatic heterocycles. The first-order valence-electron chi connectivity index (χ1n) is 5.48. The van der Waals surface area contributed by atoms with E-state index in [0.717, 1.165) is 26.2 Å². The fourth-order valence-electron chi connectivity index (χ4n) is 2.08. The Bertz CT molecular complexity index is 321. The summed E-state index contributed by atoms with van der Waals surface area (Å²) in [5.74, 6) is 0. The van der Waals surface area contributed by atoms with Gasteiger partial charge in [0, 0.05) is 36.7 Å². The van der Waals surface area contributed by atoms with Crippen molar-refractivity contribution in [1.82, 2.24) is 10.2 Å². The Morgan fingerprint density at radius 1 is 1.27 bits per heavy atom. The second kappa shape index (κ2) is 5.10. The predicted octanol–water partition coefficient (Wildman–Crippen LogP) is 2.42. The lowest BCUT2D eigenvalue weighted by Crippen LogP contribution is -2.44. The fraction of sp³-hybridized carbons (Fsp3) is 0.500. The van der Waals surface area contributed by atoms with E-state index in [4.69, 9.17) is 0 Å². The van der Waals surface area contributed by atoms with E-state index in [2.05, 4.69) is 57.3 Å². The molecule has 1 N–H and O–H groups in total.